The van der Waals surface area contributed by atoms with Gasteiger partial charge in [-0.3, -0.25) is 4.79 Å². The Morgan fingerprint density at radius 1 is 0.933 bits per heavy atom. The van der Waals surface area contributed by atoms with Crippen LogP contribution in [0, 0.1) is 5.92 Å². The summed E-state index contributed by atoms with van der Waals surface area (Å²) >= 11 is 0. The third kappa shape index (κ3) is 7.62. The van der Waals surface area contributed by atoms with Gasteiger partial charge in [0, 0.05) is 17.3 Å². The van der Waals surface area contributed by atoms with Gasteiger partial charge in [-0.25, -0.2) is 9.97 Å². The maximum Gasteiger partial charge on any atom is 0.322 e. The minimum atomic E-state index is -4.21. The molecule has 45 heavy (non-hydrogen) atoms. The first-order valence-electron chi connectivity index (χ1n) is 14.3. The van der Waals surface area contributed by atoms with Crippen LogP contribution < -0.4 is 24.0 Å². The first-order chi connectivity index (χ1) is 21.8. The van der Waals surface area contributed by atoms with Crippen molar-refractivity contribution in [3.8, 4) is 28.5 Å². The number of likely N-dealkylation sites (tertiary alicyclic amines) is 1. The SMILES string of the molecule is COc1ccc(S(=O)(=O)N(OC=O)c2ccc(Nc3cc(-c4ccc(OCC5CCN(C)CC5)c(OC)c4)ncn3)cc2)cc1. The second-order valence-corrected chi connectivity index (χ2v) is 12.2. The van der Waals surface area contributed by atoms with Gasteiger partial charge in [-0.2, -0.15) is 8.42 Å². The molecule has 0 amide bonds. The molecule has 4 aromatic rings. The molecule has 5 rings (SSSR count). The number of methoxy groups -OCH3 is 2. The normalized spacial score (nSPS) is 13.9. The summed E-state index contributed by atoms with van der Waals surface area (Å²) in [4.78, 5) is 27.1. The number of anilines is 3. The van der Waals surface area contributed by atoms with Gasteiger partial charge in [0.25, 0.3) is 10.0 Å². The molecule has 13 heteroatoms. The van der Waals surface area contributed by atoms with E-state index in [-0.39, 0.29) is 17.1 Å². The van der Waals surface area contributed by atoms with Crippen molar-refractivity contribution in [2.45, 2.75) is 17.7 Å². The van der Waals surface area contributed by atoms with Crippen molar-refractivity contribution in [2.24, 2.45) is 5.92 Å². The Bertz CT molecular complexity index is 1690. The second kappa shape index (κ2) is 14.3. The number of hydrogen-bond donors (Lipinski definition) is 1. The summed E-state index contributed by atoms with van der Waals surface area (Å²) < 4.78 is 43.8. The maximum atomic E-state index is 13.2. The second-order valence-electron chi connectivity index (χ2n) is 10.5. The fourth-order valence-corrected chi connectivity index (χ4v) is 6.14. The van der Waals surface area contributed by atoms with E-state index in [2.05, 4.69) is 27.2 Å². The molecule has 0 unspecified atom stereocenters. The highest BCUT2D eigenvalue weighted by atomic mass is 32.2. The molecule has 0 atom stereocenters. The van der Waals surface area contributed by atoms with Crippen LogP contribution in [0.5, 0.6) is 17.2 Å². The number of carbonyl (C=O) groups is 1. The molecule has 0 aliphatic carbocycles. The Morgan fingerprint density at radius 2 is 1.67 bits per heavy atom. The van der Waals surface area contributed by atoms with E-state index in [1.807, 2.05) is 18.2 Å². The molecule has 1 aliphatic rings. The highest BCUT2D eigenvalue weighted by molar-refractivity contribution is 7.92. The van der Waals surface area contributed by atoms with Crippen molar-refractivity contribution in [3.63, 3.8) is 0 Å². The van der Waals surface area contributed by atoms with E-state index < -0.39 is 10.0 Å². The lowest BCUT2D eigenvalue weighted by Crippen LogP contribution is -2.32. The van der Waals surface area contributed by atoms with Crippen molar-refractivity contribution in [3.05, 3.63) is 79.1 Å². The molecule has 12 nitrogen and oxygen atoms in total. The first-order valence-corrected chi connectivity index (χ1v) is 15.7. The van der Waals surface area contributed by atoms with Crippen LogP contribution in [0.4, 0.5) is 17.2 Å². The van der Waals surface area contributed by atoms with Gasteiger partial charge in [-0.05, 0) is 106 Å². The fourth-order valence-electron chi connectivity index (χ4n) is 4.92. The van der Waals surface area contributed by atoms with Crippen molar-refractivity contribution in [1.82, 2.24) is 14.9 Å². The van der Waals surface area contributed by atoms with Gasteiger partial charge in [0.1, 0.15) is 17.9 Å². The molecule has 3 aromatic carbocycles. The van der Waals surface area contributed by atoms with Gasteiger partial charge in [0.2, 0.25) is 0 Å². The number of rotatable bonds is 13. The standard InChI is InChI=1S/C32H35N5O7S/c1-36-16-14-23(15-17-36)20-43-30-13-4-24(18-31(30)42-3)29-19-32(34-21-33-29)35-25-5-7-26(8-6-25)37(44-22-38)45(39,40)28-11-9-27(41-2)10-12-28/h4-13,18-19,21-23H,14-17,20H2,1-3H3,(H,33,34,35). The first kappa shape index (κ1) is 31.5. The molecule has 1 aromatic heterocycles. The molecule has 1 fully saturated rings. The van der Waals surface area contributed by atoms with Crippen molar-refractivity contribution >= 4 is 33.7 Å². The minimum absolute atomic E-state index is 0.0545. The third-order valence-corrected chi connectivity index (χ3v) is 9.11. The van der Waals surface area contributed by atoms with E-state index in [0.717, 1.165) is 31.5 Å². The number of nitrogens with zero attached hydrogens (tertiary/aromatic N) is 4. The molecular formula is C32H35N5O7S. The Labute approximate surface area is 262 Å². The summed E-state index contributed by atoms with van der Waals surface area (Å²) in [5.41, 5.74) is 2.23. The van der Waals surface area contributed by atoms with E-state index in [1.165, 1.54) is 49.8 Å². The third-order valence-electron chi connectivity index (χ3n) is 7.50. The molecule has 1 N–H and O–H groups in total. The smallest absolute Gasteiger partial charge is 0.322 e. The lowest BCUT2D eigenvalue weighted by molar-refractivity contribution is -0.128. The van der Waals surface area contributed by atoms with Crippen LogP contribution in [0.1, 0.15) is 12.8 Å². The number of aromatic nitrogens is 2. The highest BCUT2D eigenvalue weighted by Gasteiger charge is 2.27. The van der Waals surface area contributed by atoms with Crippen LogP contribution in [0.25, 0.3) is 11.3 Å². The number of sulfonamides is 1. The van der Waals surface area contributed by atoms with Crippen LogP contribution in [-0.2, 0) is 19.7 Å². The zero-order valence-electron chi connectivity index (χ0n) is 25.3. The van der Waals surface area contributed by atoms with Crippen LogP contribution in [0.2, 0.25) is 0 Å². The average molecular weight is 634 g/mol. The number of hydrogen-bond acceptors (Lipinski definition) is 11. The van der Waals surface area contributed by atoms with Crippen LogP contribution >= 0.6 is 0 Å². The van der Waals surface area contributed by atoms with E-state index in [1.54, 1.807) is 25.3 Å². The lowest BCUT2D eigenvalue weighted by atomic mass is 9.98. The summed E-state index contributed by atoms with van der Waals surface area (Å²) in [6, 6.07) is 19.5. The monoisotopic (exact) mass is 633 g/mol. The van der Waals surface area contributed by atoms with Gasteiger partial charge in [-0.15, -0.1) is 0 Å². The Kier molecular flexibility index (Phi) is 10.0. The fraction of sp³-hybridized carbons (Fsp3) is 0.281. The molecule has 2 heterocycles. The Hall–Kier alpha value is -4.88. The van der Waals surface area contributed by atoms with Gasteiger partial charge >= 0.3 is 6.47 Å². The number of piperidine rings is 1. The van der Waals surface area contributed by atoms with Gasteiger partial charge in [0.05, 0.1) is 37.1 Å². The predicted molar refractivity (Wildman–Crippen MR) is 169 cm³/mol. The zero-order valence-corrected chi connectivity index (χ0v) is 26.1. The number of nitrogens with one attached hydrogen (secondary N) is 1. The topological polar surface area (TPSA) is 132 Å². The highest BCUT2D eigenvalue weighted by Crippen LogP contribution is 2.34. The van der Waals surface area contributed by atoms with E-state index in [9.17, 15) is 13.2 Å². The maximum absolute atomic E-state index is 13.2. The molecule has 0 saturated carbocycles. The van der Waals surface area contributed by atoms with Crippen LogP contribution in [0.15, 0.2) is 84.0 Å². The van der Waals surface area contributed by atoms with Crippen LogP contribution in [0.3, 0.4) is 0 Å². The largest absolute Gasteiger partial charge is 0.497 e. The summed E-state index contributed by atoms with van der Waals surface area (Å²) in [5.74, 6) is 2.84. The Morgan fingerprint density at radius 3 is 2.33 bits per heavy atom. The lowest BCUT2D eigenvalue weighted by Gasteiger charge is -2.28. The zero-order chi connectivity index (χ0) is 31.8. The molecule has 1 saturated heterocycles. The van der Waals surface area contributed by atoms with Gasteiger partial charge in [0.15, 0.2) is 11.5 Å². The number of carbonyl (C=O) groups excluding carboxylic acids is 1. The predicted octanol–water partition coefficient (Wildman–Crippen LogP) is 4.91. The van der Waals surface area contributed by atoms with Crippen LogP contribution in [-0.4, -0.2) is 70.7 Å². The summed E-state index contributed by atoms with van der Waals surface area (Å²) in [5, 5.41) is 3.19. The van der Waals surface area contributed by atoms with Crippen molar-refractivity contribution < 1.29 is 32.3 Å². The number of ether oxygens (including phenoxy) is 3. The van der Waals surface area contributed by atoms with Crippen molar-refractivity contribution in [1.29, 1.82) is 0 Å². The molecule has 0 radical (unpaired) electrons. The quantitative estimate of drug-likeness (QED) is 0.159. The molecule has 0 spiro atoms. The summed E-state index contributed by atoms with van der Waals surface area (Å²) in [6.07, 6.45) is 3.68. The Balaban J connectivity index is 1.28. The van der Waals surface area contributed by atoms with Crippen molar-refractivity contribution in [2.75, 3.05) is 50.7 Å². The van der Waals surface area contributed by atoms with E-state index >= 15 is 0 Å². The van der Waals surface area contributed by atoms with Gasteiger partial charge in [-0.1, -0.05) is 4.47 Å². The molecule has 236 valence electrons. The molecular weight excluding hydrogens is 598 g/mol. The molecule has 0 bridgehead atoms. The van der Waals surface area contributed by atoms with E-state index in [0.29, 0.717) is 51.4 Å². The average Bonchev–Trinajstić information content (AvgIpc) is 3.07. The summed E-state index contributed by atoms with van der Waals surface area (Å²) in [7, 11) is 1.02. The molecule has 1 aliphatic heterocycles. The van der Waals surface area contributed by atoms with Gasteiger partial charge < -0.3 is 29.3 Å². The number of benzene rings is 3. The van der Waals surface area contributed by atoms with E-state index in [4.69, 9.17) is 19.0 Å². The minimum Gasteiger partial charge on any atom is -0.497 e. The summed E-state index contributed by atoms with van der Waals surface area (Å²) in [6.45, 7) is 2.87.